The maximum absolute atomic E-state index is 13.3. The molecule has 0 bridgehead atoms. The summed E-state index contributed by atoms with van der Waals surface area (Å²) in [5, 5.41) is 0. The number of fused-ring (bicyclic) bond motifs is 1. The van der Waals surface area contributed by atoms with Crippen molar-refractivity contribution in [3.8, 4) is 5.69 Å². The molecule has 0 unspecified atom stereocenters. The van der Waals surface area contributed by atoms with Crippen molar-refractivity contribution >= 4 is 32.9 Å². The zero-order valence-electron chi connectivity index (χ0n) is 19.8. The van der Waals surface area contributed by atoms with Crippen LogP contribution in [-0.2, 0) is 11.3 Å². The van der Waals surface area contributed by atoms with E-state index in [1.54, 1.807) is 0 Å². The van der Waals surface area contributed by atoms with E-state index in [1.165, 1.54) is 0 Å². The fraction of sp³-hybridized carbons (Fsp3) is 0.481. The molecule has 0 spiro atoms. The Balaban J connectivity index is 1.55. The maximum atomic E-state index is 13.3. The molecule has 6 heteroatoms. The maximum Gasteiger partial charge on any atom is 0.226 e. The third-order valence-electron chi connectivity index (χ3n) is 6.52. The van der Waals surface area contributed by atoms with Crippen molar-refractivity contribution in [3.05, 3.63) is 58.8 Å². The minimum absolute atomic E-state index is 0.0904. The summed E-state index contributed by atoms with van der Waals surface area (Å²) >= 11 is 3.55. The lowest BCUT2D eigenvalue weighted by atomic mass is 9.96. The molecule has 3 aromatic rings. The van der Waals surface area contributed by atoms with Crippen LogP contribution in [0, 0.1) is 5.92 Å². The van der Waals surface area contributed by atoms with Gasteiger partial charge in [-0.25, -0.2) is 4.98 Å². The second-order valence-electron chi connectivity index (χ2n) is 9.08. The zero-order chi connectivity index (χ0) is 23.2. The van der Waals surface area contributed by atoms with Crippen LogP contribution in [0.4, 0.5) is 0 Å². The second kappa shape index (κ2) is 11.3. The highest BCUT2D eigenvalue weighted by molar-refractivity contribution is 9.10. The Labute approximate surface area is 205 Å². The summed E-state index contributed by atoms with van der Waals surface area (Å²) in [7, 11) is 0. The molecule has 2 aromatic carbocycles. The molecule has 0 radical (unpaired) electrons. The zero-order valence-corrected chi connectivity index (χ0v) is 21.4. The minimum Gasteiger partial charge on any atom is -0.342 e. The van der Waals surface area contributed by atoms with Crippen LogP contribution < -0.4 is 0 Å². The highest BCUT2D eigenvalue weighted by Crippen LogP contribution is 2.26. The molecule has 1 amide bonds. The molecule has 1 fully saturated rings. The van der Waals surface area contributed by atoms with Gasteiger partial charge in [0.1, 0.15) is 5.82 Å². The van der Waals surface area contributed by atoms with Gasteiger partial charge in [0.05, 0.1) is 23.5 Å². The number of hydrogen-bond acceptors (Lipinski definition) is 3. The molecule has 4 rings (SSSR count). The number of carbonyl (C=O) groups excluding carboxylic acids is 1. The average molecular weight is 512 g/mol. The predicted octanol–water partition coefficient (Wildman–Crippen LogP) is 6.04. The van der Waals surface area contributed by atoms with Gasteiger partial charge in [-0.2, -0.15) is 0 Å². The van der Waals surface area contributed by atoms with E-state index in [2.05, 4.69) is 86.6 Å². The Kier molecular flexibility index (Phi) is 8.20. The van der Waals surface area contributed by atoms with Gasteiger partial charge in [-0.3, -0.25) is 14.3 Å². The van der Waals surface area contributed by atoms with E-state index < -0.39 is 0 Å². The van der Waals surface area contributed by atoms with Crippen molar-refractivity contribution < 1.29 is 4.79 Å². The number of para-hydroxylation sites is 2. The van der Waals surface area contributed by atoms with Gasteiger partial charge >= 0.3 is 0 Å². The first kappa shape index (κ1) is 24.0. The first-order valence-corrected chi connectivity index (χ1v) is 13.1. The lowest BCUT2D eigenvalue weighted by molar-refractivity contribution is -0.137. The van der Waals surface area contributed by atoms with E-state index in [9.17, 15) is 4.79 Å². The number of aromatic nitrogens is 2. The molecule has 1 saturated heterocycles. The summed E-state index contributed by atoms with van der Waals surface area (Å²) in [6.45, 7) is 8.68. The second-order valence-corrected chi connectivity index (χ2v) is 10.00. The lowest BCUT2D eigenvalue weighted by Gasteiger charge is -2.35. The number of nitrogens with zero attached hydrogens (tertiary/aromatic N) is 4. The first-order chi connectivity index (χ1) is 16.1. The van der Waals surface area contributed by atoms with Crippen LogP contribution in [0.3, 0.4) is 0 Å². The number of piperidine rings is 1. The normalized spacial score (nSPS) is 16.9. The van der Waals surface area contributed by atoms with Gasteiger partial charge in [-0.15, -0.1) is 0 Å². The molecule has 1 aromatic heterocycles. The van der Waals surface area contributed by atoms with E-state index in [1.807, 2.05) is 6.07 Å². The monoisotopic (exact) mass is 510 g/mol. The molecule has 0 N–H and O–H groups in total. The summed E-state index contributed by atoms with van der Waals surface area (Å²) in [6.07, 6.45) is 5.27. The molecule has 1 aliphatic heterocycles. The highest BCUT2D eigenvalue weighted by Gasteiger charge is 2.29. The van der Waals surface area contributed by atoms with Gasteiger partial charge in [0.25, 0.3) is 0 Å². The number of benzene rings is 2. The standard InChI is InChI=1S/C27H35BrN4O/c1-3-5-18-31(16-4-2)27(33)21-9-8-17-30(19-21)20-26-29-24-10-6-7-11-25(24)32(26)23-14-12-22(28)13-15-23/h6-7,10-15,21H,3-5,8-9,16-20H2,1-2H3/t21-/m1/s1. The van der Waals surface area contributed by atoms with E-state index in [0.29, 0.717) is 5.91 Å². The topological polar surface area (TPSA) is 41.4 Å². The summed E-state index contributed by atoms with van der Waals surface area (Å²) in [4.78, 5) is 22.9. The van der Waals surface area contributed by atoms with Gasteiger partial charge in [-0.1, -0.05) is 48.3 Å². The lowest BCUT2D eigenvalue weighted by Crippen LogP contribution is -2.45. The average Bonchev–Trinajstić information content (AvgIpc) is 3.19. The van der Waals surface area contributed by atoms with E-state index in [4.69, 9.17) is 4.98 Å². The third-order valence-corrected chi connectivity index (χ3v) is 7.05. The molecule has 2 heterocycles. The number of imidazole rings is 1. The van der Waals surface area contributed by atoms with Crippen LogP contribution in [0.25, 0.3) is 16.7 Å². The van der Waals surface area contributed by atoms with E-state index in [0.717, 1.165) is 91.8 Å². The van der Waals surface area contributed by atoms with Gasteiger partial charge in [0.15, 0.2) is 0 Å². The van der Waals surface area contributed by atoms with Gasteiger partial charge in [0, 0.05) is 29.8 Å². The van der Waals surface area contributed by atoms with Crippen LogP contribution >= 0.6 is 15.9 Å². The van der Waals surface area contributed by atoms with Crippen LogP contribution in [0.15, 0.2) is 53.0 Å². The summed E-state index contributed by atoms with van der Waals surface area (Å²) in [5.41, 5.74) is 3.24. The Hall–Kier alpha value is -2.18. The molecule has 0 saturated carbocycles. The smallest absolute Gasteiger partial charge is 0.226 e. The minimum atomic E-state index is 0.0904. The Morgan fingerprint density at radius 1 is 1.09 bits per heavy atom. The highest BCUT2D eigenvalue weighted by atomic mass is 79.9. The van der Waals surface area contributed by atoms with E-state index >= 15 is 0 Å². The van der Waals surface area contributed by atoms with Crippen molar-refractivity contribution in [2.45, 2.75) is 52.5 Å². The number of hydrogen-bond donors (Lipinski definition) is 0. The number of rotatable bonds is 9. The third kappa shape index (κ3) is 5.67. The van der Waals surface area contributed by atoms with Crippen molar-refractivity contribution in [2.24, 2.45) is 5.92 Å². The molecule has 1 aliphatic rings. The van der Waals surface area contributed by atoms with Gasteiger partial charge in [-0.05, 0) is 68.6 Å². The summed E-state index contributed by atoms with van der Waals surface area (Å²) < 4.78 is 3.33. The number of unbranched alkanes of at least 4 members (excludes halogenated alkanes) is 1. The molecular weight excluding hydrogens is 476 g/mol. The number of amides is 1. The SMILES string of the molecule is CCCCN(CCC)C(=O)[C@@H]1CCCN(Cc2nc3ccccc3n2-c2ccc(Br)cc2)C1. The number of carbonyl (C=O) groups is 1. The number of halogens is 1. The molecular formula is C27H35BrN4O. The molecule has 0 aliphatic carbocycles. The molecule has 176 valence electrons. The first-order valence-electron chi connectivity index (χ1n) is 12.3. The van der Waals surface area contributed by atoms with Crippen molar-refractivity contribution in [1.29, 1.82) is 0 Å². The van der Waals surface area contributed by atoms with Gasteiger partial charge in [0.2, 0.25) is 5.91 Å². The summed E-state index contributed by atoms with van der Waals surface area (Å²) in [5.74, 6) is 1.46. The van der Waals surface area contributed by atoms with Crippen LogP contribution in [0.5, 0.6) is 0 Å². The fourth-order valence-electron chi connectivity index (χ4n) is 4.87. The van der Waals surface area contributed by atoms with Crippen LogP contribution in [0.2, 0.25) is 0 Å². The van der Waals surface area contributed by atoms with Crippen LogP contribution in [-0.4, -0.2) is 51.4 Å². The predicted molar refractivity (Wildman–Crippen MR) is 139 cm³/mol. The van der Waals surface area contributed by atoms with Gasteiger partial charge < -0.3 is 4.90 Å². The van der Waals surface area contributed by atoms with Crippen LogP contribution in [0.1, 0.15) is 51.8 Å². The number of likely N-dealkylation sites (tertiary alicyclic amines) is 1. The summed E-state index contributed by atoms with van der Waals surface area (Å²) in [6, 6.07) is 16.7. The quantitative estimate of drug-likeness (QED) is 0.352. The molecule has 33 heavy (non-hydrogen) atoms. The Morgan fingerprint density at radius 2 is 1.88 bits per heavy atom. The molecule has 5 nitrogen and oxygen atoms in total. The Bertz CT molecular complexity index is 1060. The Morgan fingerprint density at radius 3 is 2.64 bits per heavy atom. The van der Waals surface area contributed by atoms with E-state index in [-0.39, 0.29) is 5.92 Å². The fourth-order valence-corrected chi connectivity index (χ4v) is 5.13. The molecule has 1 atom stereocenters. The van der Waals surface area contributed by atoms with Crippen molar-refractivity contribution in [3.63, 3.8) is 0 Å². The van der Waals surface area contributed by atoms with Crippen molar-refractivity contribution in [1.82, 2.24) is 19.4 Å². The van der Waals surface area contributed by atoms with Crippen molar-refractivity contribution in [2.75, 3.05) is 26.2 Å². The largest absolute Gasteiger partial charge is 0.342 e.